The molecule has 0 aliphatic heterocycles. The summed E-state index contributed by atoms with van der Waals surface area (Å²) in [6, 6.07) is 2.62. The standard InChI is InChI=1S/C10H13BrClNS/c1-5-3-6(5)9(13-2)8-4-7(11)10(12)14-8/h4-6,9,13H,3H2,1-2H3. The van der Waals surface area contributed by atoms with E-state index < -0.39 is 0 Å². The van der Waals surface area contributed by atoms with Gasteiger partial charge in [0.25, 0.3) is 0 Å². The van der Waals surface area contributed by atoms with Crippen molar-refractivity contribution in [3.05, 3.63) is 19.8 Å². The Balaban J connectivity index is 2.19. The van der Waals surface area contributed by atoms with E-state index in [-0.39, 0.29) is 0 Å². The van der Waals surface area contributed by atoms with Crippen LogP contribution in [0.1, 0.15) is 24.3 Å². The molecule has 1 nitrogen and oxygen atoms in total. The fourth-order valence-electron chi connectivity index (χ4n) is 1.90. The average molecular weight is 295 g/mol. The van der Waals surface area contributed by atoms with E-state index in [0.717, 1.165) is 20.6 Å². The van der Waals surface area contributed by atoms with Crippen LogP contribution in [0.5, 0.6) is 0 Å². The topological polar surface area (TPSA) is 12.0 Å². The molecule has 0 radical (unpaired) electrons. The van der Waals surface area contributed by atoms with Crippen molar-refractivity contribution < 1.29 is 0 Å². The monoisotopic (exact) mass is 293 g/mol. The highest BCUT2D eigenvalue weighted by Crippen LogP contribution is 2.49. The lowest BCUT2D eigenvalue weighted by molar-refractivity contribution is 0.512. The summed E-state index contributed by atoms with van der Waals surface area (Å²) >= 11 is 11.2. The molecule has 0 saturated heterocycles. The molecule has 0 bridgehead atoms. The highest BCUT2D eigenvalue weighted by Gasteiger charge is 2.40. The summed E-state index contributed by atoms with van der Waals surface area (Å²) in [5.74, 6) is 1.65. The van der Waals surface area contributed by atoms with E-state index in [2.05, 4.69) is 34.2 Å². The lowest BCUT2D eigenvalue weighted by atomic mass is 10.1. The van der Waals surface area contributed by atoms with Crippen molar-refractivity contribution in [2.45, 2.75) is 19.4 Å². The Morgan fingerprint density at radius 3 is 2.71 bits per heavy atom. The molecule has 0 aromatic carbocycles. The van der Waals surface area contributed by atoms with Gasteiger partial charge in [-0.2, -0.15) is 0 Å². The van der Waals surface area contributed by atoms with Crippen LogP contribution in [0, 0.1) is 11.8 Å². The maximum absolute atomic E-state index is 6.04. The second kappa shape index (κ2) is 4.12. The van der Waals surface area contributed by atoms with Gasteiger partial charge >= 0.3 is 0 Å². The first-order chi connectivity index (χ1) is 6.63. The average Bonchev–Trinajstić information content (AvgIpc) is 2.74. The highest BCUT2D eigenvalue weighted by atomic mass is 79.9. The lowest BCUT2D eigenvalue weighted by Crippen LogP contribution is -2.17. The number of hydrogen-bond donors (Lipinski definition) is 1. The van der Waals surface area contributed by atoms with Gasteiger partial charge in [0.1, 0.15) is 4.34 Å². The fourth-order valence-corrected chi connectivity index (χ4v) is 3.82. The molecular formula is C10H13BrClNS. The van der Waals surface area contributed by atoms with E-state index >= 15 is 0 Å². The number of halogens is 2. The summed E-state index contributed by atoms with van der Waals surface area (Å²) in [6.07, 6.45) is 1.33. The SMILES string of the molecule is CNC(c1cc(Br)c(Cl)s1)C1CC1C. The van der Waals surface area contributed by atoms with E-state index in [1.54, 1.807) is 11.3 Å². The van der Waals surface area contributed by atoms with E-state index in [0.29, 0.717) is 6.04 Å². The Morgan fingerprint density at radius 1 is 1.71 bits per heavy atom. The number of hydrogen-bond acceptors (Lipinski definition) is 2. The molecule has 1 aliphatic carbocycles. The van der Waals surface area contributed by atoms with Crippen molar-refractivity contribution in [2.75, 3.05) is 7.05 Å². The molecule has 3 atom stereocenters. The minimum Gasteiger partial charge on any atom is -0.312 e. The van der Waals surface area contributed by atoms with E-state index in [4.69, 9.17) is 11.6 Å². The fraction of sp³-hybridized carbons (Fsp3) is 0.600. The summed E-state index contributed by atoms with van der Waals surface area (Å²) in [5.41, 5.74) is 0. The third-order valence-electron chi connectivity index (χ3n) is 2.88. The van der Waals surface area contributed by atoms with Crippen LogP contribution < -0.4 is 5.32 Å². The van der Waals surface area contributed by atoms with E-state index in [1.165, 1.54) is 11.3 Å². The van der Waals surface area contributed by atoms with Gasteiger partial charge in [-0.3, -0.25) is 0 Å². The molecule has 1 aliphatic rings. The lowest BCUT2D eigenvalue weighted by Gasteiger charge is -2.13. The first kappa shape index (κ1) is 10.9. The Morgan fingerprint density at radius 2 is 2.36 bits per heavy atom. The van der Waals surface area contributed by atoms with Gasteiger partial charge in [0, 0.05) is 15.4 Å². The smallest absolute Gasteiger partial charge is 0.107 e. The molecule has 1 N–H and O–H groups in total. The van der Waals surface area contributed by atoms with Crippen molar-refractivity contribution in [1.29, 1.82) is 0 Å². The minimum absolute atomic E-state index is 0.485. The van der Waals surface area contributed by atoms with Crippen LogP contribution in [0.15, 0.2) is 10.5 Å². The van der Waals surface area contributed by atoms with Crippen LogP contribution in [-0.4, -0.2) is 7.05 Å². The number of rotatable bonds is 3. The second-order valence-corrected chi connectivity index (χ2v) is 6.45. The number of thiophene rings is 1. The quantitative estimate of drug-likeness (QED) is 0.886. The molecule has 3 unspecified atom stereocenters. The van der Waals surface area contributed by atoms with Gasteiger partial charge in [-0.05, 0) is 47.3 Å². The zero-order chi connectivity index (χ0) is 10.3. The minimum atomic E-state index is 0.485. The second-order valence-electron chi connectivity index (χ2n) is 3.91. The molecule has 4 heteroatoms. The van der Waals surface area contributed by atoms with Gasteiger partial charge < -0.3 is 5.32 Å². The van der Waals surface area contributed by atoms with Gasteiger partial charge in [-0.15, -0.1) is 11.3 Å². The predicted molar refractivity (Wildman–Crippen MR) is 66.1 cm³/mol. The first-order valence-electron chi connectivity index (χ1n) is 4.75. The summed E-state index contributed by atoms with van der Waals surface area (Å²) in [5, 5.41) is 3.38. The zero-order valence-corrected chi connectivity index (χ0v) is 11.3. The van der Waals surface area contributed by atoms with Gasteiger partial charge in [0.15, 0.2) is 0 Å². The zero-order valence-electron chi connectivity index (χ0n) is 8.18. The largest absolute Gasteiger partial charge is 0.312 e. The van der Waals surface area contributed by atoms with Crippen molar-refractivity contribution in [3.63, 3.8) is 0 Å². The summed E-state index contributed by atoms with van der Waals surface area (Å²) in [4.78, 5) is 1.35. The predicted octanol–water partition coefficient (Wildman–Crippen LogP) is 4.08. The Hall–Kier alpha value is 0.430. The molecule has 1 saturated carbocycles. The summed E-state index contributed by atoms with van der Waals surface area (Å²) in [7, 11) is 2.03. The molecule has 2 rings (SSSR count). The van der Waals surface area contributed by atoms with Crippen molar-refractivity contribution in [3.8, 4) is 0 Å². The van der Waals surface area contributed by atoms with E-state index in [1.807, 2.05) is 7.05 Å². The third kappa shape index (κ3) is 2.01. The van der Waals surface area contributed by atoms with Crippen LogP contribution in [0.2, 0.25) is 4.34 Å². The Labute approximate surface area is 102 Å². The third-order valence-corrected chi connectivity index (χ3v) is 5.44. The van der Waals surface area contributed by atoms with Gasteiger partial charge in [-0.25, -0.2) is 0 Å². The highest BCUT2D eigenvalue weighted by molar-refractivity contribution is 9.10. The summed E-state index contributed by atoms with van der Waals surface area (Å²) in [6.45, 7) is 2.30. The number of nitrogens with one attached hydrogen (secondary N) is 1. The Bertz CT molecular complexity index is 319. The molecule has 0 amide bonds. The molecule has 14 heavy (non-hydrogen) atoms. The van der Waals surface area contributed by atoms with Crippen LogP contribution in [0.4, 0.5) is 0 Å². The molecule has 1 heterocycles. The van der Waals surface area contributed by atoms with Crippen molar-refractivity contribution in [1.82, 2.24) is 5.32 Å². The summed E-state index contributed by atoms with van der Waals surface area (Å²) < 4.78 is 1.88. The maximum Gasteiger partial charge on any atom is 0.107 e. The van der Waals surface area contributed by atoms with Crippen LogP contribution in [0.3, 0.4) is 0 Å². The van der Waals surface area contributed by atoms with Gasteiger partial charge in [-0.1, -0.05) is 18.5 Å². The van der Waals surface area contributed by atoms with Crippen molar-refractivity contribution >= 4 is 38.9 Å². The van der Waals surface area contributed by atoms with Crippen LogP contribution >= 0.6 is 38.9 Å². The van der Waals surface area contributed by atoms with Gasteiger partial charge in [0.05, 0.1) is 0 Å². The molecule has 1 fully saturated rings. The molecule has 1 aromatic heterocycles. The molecule has 78 valence electrons. The maximum atomic E-state index is 6.04. The Kier molecular flexibility index (Phi) is 3.22. The van der Waals surface area contributed by atoms with Crippen LogP contribution in [-0.2, 0) is 0 Å². The van der Waals surface area contributed by atoms with Gasteiger partial charge in [0.2, 0.25) is 0 Å². The molecule has 0 spiro atoms. The van der Waals surface area contributed by atoms with Crippen molar-refractivity contribution in [2.24, 2.45) is 11.8 Å². The first-order valence-corrected chi connectivity index (χ1v) is 6.74. The van der Waals surface area contributed by atoms with Crippen LogP contribution in [0.25, 0.3) is 0 Å². The molecule has 1 aromatic rings. The molecular weight excluding hydrogens is 282 g/mol. The normalized spacial score (nSPS) is 27.7. The van der Waals surface area contributed by atoms with E-state index in [9.17, 15) is 0 Å².